The molecule has 3 N–H and O–H groups in total. The minimum atomic E-state index is -0.222. The molecule has 1 atom stereocenters. The van der Waals surface area contributed by atoms with Crippen molar-refractivity contribution >= 4 is 33.7 Å². The molecule has 0 bridgehead atoms. The Morgan fingerprint density at radius 1 is 1.44 bits per heavy atom. The molecule has 2 aromatic heterocycles. The van der Waals surface area contributed by atoms with Gasteiger partial charge >= 0.3 is 0 Å². The van der Waals surface area contributed by atoms with E-state index in [0.29, 0.717) is 10.8 Å². The number of nitrogens with two attached hydrogens (primary N) is 1. The van der Waals surface area contributed by atoms with E-state index in [0.717, 1.165) is 15.6 Å². The number of thiazole rings is 2. The summed E-state index contributed by atoms with van der Waals surface area (Å²) < 4.78 is 0. The molecule has 0 fully saturated rings. The van der Waals surface area contributed by atoms with Crippen LogP contribution in [-0.2, 0) is 0 Å². The lowest BCUT2D eigenvalue weighted by atomic mass is 10.2. The van der Waals surface area contributed by atoms with Gasteiger partial charge in [0.15, 0.2) is 5.13 Å². The van der Waals surface area contributed by atoms with Crippen LogP contribution in [0.25, 0.3) is 0 Å². The highest BCUT2D eigenvalue weighted by molar-refractivity contribution is 7.13. The fourth-order valence-corrected chi connectivity index (χ4v) is 3.13. The number of carbonyl (C=O) groups excluding carboxylic acids is 1. The van der Waals surface area contributed by atoms with E-state index in [-0.39, 0.29) is 11.9 Å². The molecule has 2 aromatic rings. The van der Waals surface area contributed by atoms with Gasteiger partial charge in [-0.2, -0.15) is 0 Å². The van der Waals surface area contributed by atoms with Gasteiger partial charge in [0.05, 0.1) is 16.7 Å². The molecule has 5 nitrogen and oxygen atoms in total. The molecule has 2 rings (SSSR count). The van der Waals surface area contributed by atoms with Gasteiger partial charge in [0.2, 0.25) is 0 Å². The van der Waals surface area contributed by atoms with Crippen molar-refractivity contribution in [3.8, 4) is 0 Å². The quantitative estimate of drug-likeness (QED) is 0.905. The highest BCUT2D eigenvalue weighted by atomic mass is 32.1. The number of aromatic nitrogens is 2. The first kappa shape index (κ1) is 13.0. The average molecular weight is 282 g/mol. The van der Waals surface area contributed by atoms with Crippen LogP contribution in [0.4, 0.5) is 5.13 Å². The molecule has 0 aliphatic heterocycles. The van der Waals surface area contributed by atoms with E-state index in [9.17, 15) is 4.79 Å². The van der Waals surface area contributed by atoms with Crippen LogP contribution in [-0.4, -0.2) is 15.9 Å². The standard InChI is InChI=1S/C11H14N4OS2/c1-5(9-6(2)18-7(3)14-9)13-10(16)8-4-17-11(12)15-8/h4-5H,1-3H3,(H2,12,15)(H,13,16)/t5-/m0/s1. The van der Waals surface area contributed by atoms with Crippen LogP contribution in [0, 0.1) is 13.8 Å². The van der Waals surface area contributed by atoms with Crippen molar-refractivity contribution in [2.75, 3.05) is 5.73 Å². The second-order valence-electron chi connectivity index (χ2n) is 3.94. The predicted molar refractivity (Wildman–Crippen MR) is 74.0 cm³/mol. The number of carbonyl (C=O) groups is 1. The zero-order chi connectivity index (χ0) is 13.3. The summed E-state index contributed by atoms with van der Waals surface area (Å²) in [6.07, 6.45) is 0. The lowest BCUT2D eigenvalue weighted by Crippen LogP contribution is -2.27. The number of nitrogens with zero attached hydrogens (tertiary/aromatic N) is 2. The number of nitrogen functional groups attached to an aromatic ring is 1. The highest BCUT2D eigenvalue weighted by Gasteiger charge is 2.17. The Hall–Kier alpha value is -1.47. The van der Waals surface area contributed by atoms with Crippen LogP contribution in [0.15, 0.2) is 5.38 Å². The van der Waals surface area contributed by atoms with Crippen molar-refractivity contribution in [3.05, 3.63) is 26.7 Å². The Bertz CT molecular complexity index is 575. The molecular weight excluding hydrogens is 268 g/mol. The number of amides is 1. The number of anilines is 1. The first-order chi connectivity index (χ1) is 8.47. The molecule has 0 spiro atoms. The summed E-state index contributed by atoms with van der Waals surface area (Å²) in [7, 11) is 0. The molecular formula is C11H14N4OS2. The number of nitrogens with one attached hydrogen (secondary N) is 1. The maximum absolute atomic E-state index is 11.9. The normalized spacial score (nSPS) is 12.4. The smallest absolute Gasteiger partial charge is 0.271 e. The third-order valence-electron chi connectivity index (χ3n) is 2.45. The van der Waals surface area contributed by atoms with E-state index in [4.69, 9.17) is 5.73 Å². The van der Waals surface area contributed by atoms with Gasteiger partial charge in [-0.25, -0.2) is 9.97 Å². The van der Waals surface area contributed by atoms with Gasteiger partial charge in [0, 0.05) is 10.3 Å². The number of rotatable bonds is 3. The van der Waals surface area contributed by atoms with Crippen LogP contribution < -0.4 is 11.1 Å². The maximum Gasteiger partial charge on any atom is 0.271 e. The van der Waals surface area contributed by atoms with Crippen molar-refractivity contribution in [2.45, 2.75) is 26.8 Å². The number of hydrogen-bond acceptors (Lipinski definition) is 6. The predicted octanol–water partition coefficient (Wildman–Crippen LogP) is 2.29. The molecule has 1 amide bonds. The van der Waals surface area contributed by atoms with Crippen molar-refractivity contribution in [1.82, 2.24) is 15.3 Å². The van der Waals surface area contributed by atoms with E-state index >= 15 is 0 Å². The third kappa shape index (κ3) is 2.68. The van der Waals surface area contributed by atoms with Crippen LogP contribution >= 0.6 is 22.7 Å². The number of aryl methyl sites for hydroxylation is 2. The minimum Gasteiger partial charge on any atom is -0.375 e. The molecule has 0 unspecified atom stereocenters. The second-order valence-corrected chi connectivity index (χ2v) is 6.24. The average Bonchev–Trinajstić information content (AvgIpc) is 2.84. The van der Waals surface area contributed by atoms with Crippen LogP contribution in [0.5, 0.6) is 0 Å². The van der Waals surface area contributed by atoms with Crippen LogP contribution in [0.2, 0.25) is 0 Å². The molecule has 18 heavy (non-hydrogen) atoms. The molecule has 0 aromatic carbocycles. The monoisotopic (exact) mass is 282 g/mol. The van der Waals surface area contributed by atoms with Gasteiger partial charge in [-0.1, -0.05) is 0 Å². The summed E-state index contributed by atoms with van der Waals surface area (Å²) in [6.45, 7) is 5.87. The Balaban J connectivity index is 2.10. The van der Waals surface area contributed by atoms with Crippen LogP contribution in [0.3, 0.4) is 0 Å². The third-order valence-corrected chi connectivity index (χ3v) is 4.03. The minimum absolute atomic E-state index is 0.134. The first-order valence-corrected chi connectivity index (χ1v) is 7.12. The Morgan fingerprint density at radius 2 is 2.17 bits per heavy atom. The van der Waals surface area contributed by atoms with Gasteiger partial charge in [-0.3, -0.25) is 4.79 Å². The SMILES string of the molecule is Cc1nc([C@H](C)NC(=O)c2csc(N)n2)c(C)s1. The Kier molecular flexibility index (Phi) is 3.63. The molecule has 2 heterocycles. The maximum atomic E-state index is 11.9. The zero-order valence-electron chi connectivity index (χ0n) is 10.4. The molecule has 0 aliphatic rings. The Labute approximate surface area is 113 Å². The fraction of sp³-hybridized carbons (Fsp3) is 0.364. The molecule has 0 saturated carbocycles. The summed E-state index contributed by atoms with van der Waals surface area (Å²) in [5.74, 6) is -0.222. The lowest BCUT2D eigenvalue weighted by Gasteiger charge is -2.11. The topological polar surface area (TPSA) is 80.9 Å². The summed E-state index contributed by atoms with van der Waals surface area (Å²) in [6, 6.07) is -0.134. The molecule has 96 valence electrons. The zero-order valence-corrected chi connectivity index (χ0v) is 12.0. The van der Waals surface area contributed by atoms with E-state index in [1.165, 1.54) is 11.3 Å². The largest absolute Gasteiger partial charge is 0.375 e. The summed E-state index contributed by atoms with van der Waals surface area (Å²) in [4.78, 5) is 21.4. The van der Waals surface area contributed by atoms with Crippen molar-refractivity contribution in [2.24, 2.45) is 0 Å². The molecule has 0 radical (unpaired) electrons. The highest BCUT2D eigenvalue weighted by Crippen LogP contribution is 2.22. The van der Waals surface area contributed by atoms with E-state index in [1.54, 1.807) is 16.7 Å². The van der Waals surface area contributed by atoms with Gasteiger partial charge in [0.25, 0.3) is 5.91 Å². The van der Waals surface area contributed by atoms with Crippen LogP contribution in [0.1, 0.15) is 39.0 Å². The summed E-state index contributed by atoms with van der Waals surface area (Å²) >= 11 is 2.88. The lowest BCUT2D eigenvalue weighted by molar-refractivity contribution is 0.0935. The van der Waals surface area contributed by atoms with Gasteiger partial charge < -0.3 is 11.1 Å². The summed E-state index contributed by atoms with van der Waals surface area (Å²) in [5, 5.41) is 5.92. The van der Waals surface area contributed by atoms with Gasteiger partial charge in [0.1, 0.15) is 5.69 Å². The van der Waals surface area contributed by atoms with E-state index in [2.05, 4.69) is 15.3 Å². The van der Waals surface area contributed by atoms with Crippen molar-refractivity contribution in [3.63, 3.8) is 0 Å². The molecule has 0 saturated heterocycles. The van der Waals surface area contributed by atoms with E-state index in [1.807, 2.05) is 20.8 Å². The second kappa shape index (κ2) is 5.03. The fourth-order valence-electron chi connectivity index (χ4n) is 1.68. The van der Waals surface area contributed by atoms with Gasteiger partial charge in [-0.15, -0.1) is 22.7 Å². The van der Waals surface area contributed by atoms with Crippen molar-refractivity contribution in [1.29, 1.82) is 0 Å². The van der Waals surface area contributed by atoms with Crippen molar-refractivity contribution < 1.29 is 4.79 Å². The molecule has 0 aliphatic carbocycles. The van der Waals surface area contributed by atoms with Gasteiger partial charge in [-0.05, 0) is 20.8 Å². The first-order valence-electron chi connectivity index (χ1n) is 5.43. The molecule has 7 heteroatoms. The van der Waals surface area contributed by atoms with E-state index < -0.39 is 0 Å². The number of hydrogen-bond donors (Lipinski definition) is 2. The Morgan fingerprint density at radius 3 is 2.67 bits per heavy atom. The summed E-state index contributed by atoms with van der Waals surface area (Å²) in [5.41, 5.74) is 6.77.